The number of methoxy groups -OCH3 is 1. The van der Waals surface area contributed by atoms with Gasteiger partial charge in [-0.3, -0.25) is 0 Å². The summed E-state index contributed by atoms with van der Waals surface area (Å²) in [5.74, 6) is 2.21. The molecule has 1 unspecified atom stereocenters. The van der Waals surface area contributed by atoms with Crippen LogP contribution in [0.1, 0.15) is 29.2 Å². The lowest BCUT2D eigenvalue weighted by molar-refractivity contribution is 0.414. The van der Waals surface area contributed by atoms with Crippen LogP contribution in [0.5, 0.6) is 5.75 Å². The number of hydrogen-bond donors (Lipinski definition) is 2. The molecule has 0 amide bonds. The fourth-order valence-electron chi connectivity index (χ4n) is 3.54. The standard InChI is InChI=1S/C24H25N4OS/c1-15(23-11-18(14-30-23)20-8-6-5-7-17(20)13-25-3)26-24-21-12-19(29-4)9-10-22(21)27-16(2)28-24/h5-8,10-12,14-15,25H,13H2,1-4H3,(H,26,27,28). The predicted octanol–water partition coefficient (Wildman–Crippen LogP) is 5.37. The molecule has 0 spiro atoms. The maximum atomic E-state index is 5.34. The van der Waals surface area contributed by atoms with Crippen molar-refractivity contribution < 1.29 is 4.74 Å². The van der Waals surface area contributed by atoms with Crippen LogP contribution >= 0.6 is 11.3 Å². The number of anilines is 1. The predicted molar refractivity (Wildman–Crippen MR) is 124 cm³/mol. The van der Waals surface area contributed by atoms with Crippen molar-refractivity contribution in [2.75, 3.05) is 19.5 Å². The molecule has 153 valence electrons. The summed E-state index contributed by atoms with van der Waals surface area (Å²) in [5, 5.41) is 9.98. The molecule has 2 heterocycles. The number of thiophene rings is 1. The number of fused-ring (bicyclic) bond motifs is 1. The molecule has 0 bridgehead atoms. The summed E-state index contributed by atoms with van der Waals surface area (Å²) < 4.78 is 5.34. The number of rotatable bonds is 7. The van der Waals surface area contributed by atoms with Crippen LogP contribution in [0.2, 0.25) is 0 Å². The highest BCUT2D eigenvalue weighted by Crippen LogP contribution is 2.34. The first-order valence-corrected chi connectivity index (χ1v) is 10.8. The molecule has 1 atom stereocenters. The Bertz CT molecular complexity index is 1170. The zero-order valence-electron chi connectivity index (χ0n) is 17.6. The monoisotopic (exact) mass is 417 g/mol. The summed E-state index contributed by atoms with van der Waals surface area (Å²) in [6.45, 7) is 4.91. The highest BCUT2D eigenvalue weighted by atomic mass is 32.1. The van der Waals surface area contributed by atoms with Crippen LogP contribution in [0.3, 0.4) is 0 Å². The lowest BCUT2D eigenvalue weighted by Gasteiger charge is -2.15. The topological polar surface area (TPSA) is 59.1 Å². The summed E-state index contributed by atoms with van der Waals surface area (Å²) in [5.41, 5.74) is 4.66. The van der Waals surface area contributed by atoms with E-state index in [2.05, 4.69) is 69.3 Å². The molecule has 0 aliphatic carbocycles. The molecule has 2 aromatic heterocycles. The Hall–Kier alpha value is -2.96. The van der Waals surface area contributed by atoms with E-state index >= 15 is 0 Å². The molecular formula is C24H25N4OS. The summed E-state index contributed by atoms with van der Waals surface area (Å²) >= 11 is 1.76. The summed E-state index contributed by atoms with van der Waals surface area (Å²) in [4.78, 5) is 10.4. The Morgan fingerprint density at radius 1 is 1.20 bits per heavy atom. The third-order valence-corrected chi connectivity index (χ3v) is 6.14. The van der Waals surface area contributed by atoms with E-state index < -0.39 is 0 Å². The molecule has 0 saturated carbocycles. The fraction of sp³-hybridized carbons (Fsp3) is 0.250. The molecule has 5 nitrogen and oxygen atoms in total. The Morgan fingerprint density at radius 2 is 2.03 bits per heavy atom. The second-order valence-electron chi connectivity index (χ2n) is 7.21. The van der Waals surface area contributed by atoms with E-state index in [1.54, 1.807) is 18.4 Å². The third-order valence-electron chi connectivity index (χ3n) is 5.03. The molecule has 0 aliphatic rings. The first-order valence-electron chi connectivity index (χ1n) is 9.91. The minimum absolute atomic E-state index is 0.105. The van der Waals surface area contributed by atoms with Gasteiger partial charge in [0.25, 0.3) is 0 Å². The molecule has 1 radical (unpaired) electrons. The zero-order chi connectivity index (χ0) is 21.1. The van der Waals surface area contributed by atoms with E-state index in [9.17, 15) is 0 Å². The highest BCUT2D eigenvalue weighted by Gasteiger charge is 2.15. The number of benzene rings is 2. The van der Waals surface area contributed by atoms with E-state index in [-0.39, 0.29) is 6.04 Å². The quantitative estimate of drug-likeness (QED) is 0.423. The first-order chi connectivity index (χ1) is 14.6. The maximum Gasteiger partial charge on any atom is 0.138 e. The second kappa shape index (κ2) is 8.81. The van der Waals surface area contributed by atoms with Gasteiger partial charge in [-0.1, -0.05) is 24.3 Å². The van der Waals surface area contributed by atoms with Gasteiger partial charge in [-0.15, -0.1) is 11.3 Å². The van der Waals surface area contributed by atoms with Gasteiger partial charge in [0.2, 0.25) is 0 Å². The molecule has 2 N–H and O–H groups in total. The molecule has 0 saturated heterocycles. The third kappa shape index (κ3) is 4.15. The van der Waals surface area contributed by atoms with Crippen LogP contribution in [0.4, 0.5) is 5.82 Å². The molecule has 4 aromatic rings. The van der Waals surface area contributed by atoms with Gasteiger partial charge in [-0.2, -0.15) is 0 Å². The van der Waals surface area contributed by atoms with Crippen LogP contribution in [0.25, 0.3) is 22.0 Å². The number of aryl methyl sites for hydroxylation is 1. The summed E-state index contributed by atoms with van der Waals surface area (Å²) in [7, 11) is 3.62. The van der Waals surface area contributed by atoms with Crippen molar-refractivity contribution in [1.82, 2.24) is 15.3 Å². The van der Waals surface area contributed by atoms with E-state index in [0.29, 0.717) is 5.75 Å². The number of nitrogens with zero attached hydrogens (tertiary/aromatic N) is 2. The SMILES string of the molecule is CNCc1ccccc1-c1csc(C(C)Nc2nc(C)nc3c[c]c(OC)cc23)c1. The molecule has 2 aromatic carbocycles. The van der Waals surface area contributed by atoms with Crippen molar-refractivity contribution in [1.29, 1.82) is 0 Å². The molecular weight excluding hydrogens is 392 g/mol. The first kappa shape index (κ1) is 20.3. The maximum absolute atomic E-state index is 5.34. The Morgan fingerprint density at radius 3 is 2.83 bits per heavy atom. The van der Waals surface area contributed by atoms with Crippen LogP contribution < -0.4 is 15.4 Å². The van der Waals surface area contributed by atoms with Gasteiger partial charge in [0, 0.05) is 22.9 Å². The van der Waals surface area contributed by atoms with Crippen LogP contribution in [-0.2, 0) is 6.54 Å². The minimum Gasteiger partial charge on any atom is -0.496 e. The van der Waals surface area contributed by atoms with Crippen molar-refractivity contribution in [2.45, 2.75) is 26.4 Å². The van der Waals surface area contributed by atoms with E-state index in [0.717, 1.165) is 29.1 Å². The number of nitrogens with one attached hydrogen (secondary N) is 2. The molecule has 6 heteroatoms. The van der Waals surface area contributed by atoms with Gasteiger partial charge >= 0.3 is 0 Å². The van der Waals surface area contributed by atoms with Gasteiger partial charge in [-0.05, 0) is 61.2 Å². The fourth-order valence-corrected chi connectivity index (χ4v) is 4.46. The van der Waals surface area contributed by atoms with Gasteiger partial charge in [0.15, 0.2) is 0 Å². The van der Waals surface area contributed by atoms with Crippen molar-refractivity contribution in [2.24, 2.45) is 0 Å². The Kier molecular flexibility index (Phi) is 5.97. The average molecular weight is 418 g/mol. The molecule has 4 rings (SSSR count). The number of aromatic nitrogens is 2. The average Bonchev–Trinajstić information content (AvgIpc) is 3.24. The van der Waals surface area contributed by atoms with Crippen molar-refractivity contribution in [3.63, 3.8) is 0 Å². The van der Waals surface area contributed by atoms with Crippen LogP contribution in [0, 0.1) is 13.0 Å². The minimum atomic E-state index is 0.105. The smallest absolute Gasteiger partial charge is 0.138 e. The van der Waals surface area contributed by atoms with Gasteiger partial charge in [0.05, 0.1) is 18.7 Å². The van der Waals surface area contributed by atoms with Crippen LogP contribution in [0.15, 0.2) is 47.8 Å². The lowest BCUT2D eigenvalue weighted by Crippen LogP contribution is -2.08. The molecule has 0 aliphatic heterocycles. The second-order valence-corrected chi connectivity index (χ2v) is 8.15. The number of hydrogen-bond acceptors (Lipinski definition) is 6. The van der Waals surface area contributed by atoms with Gasteiger partial charge in [0.1, 0.15) is 17.4 Å². The summed E-state index contributed by atoms with van der Waals surface area (Å²) in [6.07, 6.45) is 0. The van der Waals surface area contributed by atoms with E-state index in [1.807, 2.05) is 26.1 Å². The van der Waals surface area contributed by atoms with Crippen LogP contribution in [-0.4, -0.2) is 24.1 Å². The van der Waals surface area contributed by atoms with Gasteiger partial charge < -0.3 is 15.4 Å². The summed E-state index contributed by atoms with van der Waals surface area (Å²) in [6, 6.07) is 17.8. The molecule has 0 fully saturated rings. The lowest BCUT2D eigenvalue weighted by atomic mass is 10.0. The molecule has 30 heavy (non-hydrogen) atoms. The number of ether oxygens (including phenoxy) is 1. The van der Waals surface area contributed by atoms with Crippen molar-refractivity contribution in [3.8, 4) is 16.9 Å². The van der Waals surface area contributed by atoms with Gasteiger partial charge in [-0.25, -0.2) is 9.97 Å². The largest absolute Gasteiger partial charge is 0.496 e. The van der Waals surface area contributed by atoms with E-state index in [4.69, 9.17) is 4.74 Å². The Labute approximate surface area is 181 Å². The van der Waals surface area contributed by atoms with Crippen molar-refractivity contribution in [3.05, 3.63) is 70.2 Å². The zero-order valence-corrected chi connectivity index (χ0v) is 18.4. The highest BCUT2D eigenvalue weighted by molar-refractivity contribution is 7.10. The van der Waals surface area contributed by atoms with E-state index in [1.165, 1.54) is 21.6 Å². The van der Waals surface area contributed by atoms with Crippen molar-refractivity contribution >= 4 is 28.1 Å². The normalized spacial score (nSPS) is 12.1. The Balaban J connectivity index is 1.64.